The molecule has 1 aliphatic heterocycles. The molecule has 0 aliphatic carbocycles. The Kier molecular flexibility index (Phi) is 3.99. The van der Waals surface area contributed by atoms with E-state index in [1.807, 2.05) is 20.0 Å². The summed E-state index contributed by atoms with van der Waals surface area (Å²) < 4.78 is 2.11. The third kappa shape index (κ3) is 2.63. The molecule has 1 aromatic heterocycles. The fraction of sp³-hybridized carbons (Fsp3) is 0.467. The van der Waals surface area contributed by atoms with Crippen molar-refractivity contribution in [2.75, 3.05) is 6.54 Å². The molecule has 20 heavy (non-hydrogen) atoms. The van der Waals surface area contributed by atoms with Crippen molar-refractivity contribution in [3.05, 3.63) is 28.7 Å². The first kappa shape index (κ1) is 14.8. The molecule has 2 heterocycles. The summed E-state index contributed by atoms with van der Waals surface area (Å²) in [4.78, 5) is 14.0. The summed E-state index contributed by atoms with van der Waals surface area (Å²) in [6.07, 6.45) is 1.89. The molecule has 108 valence electrons. The Bertz CT molecular complexity index is 599. The van der Waals surface area contributed by atoms with Crippen LogP contribution in [0.4, 0.5) is 0 Å². The summed E-state index contributed by atoms with van der Waals surface area (Å²) >= 11 is 5.24. The molecule has 1 N–H and O–H groups in total. The molecule has 2 rings (SSSR count). The standard InChI is InChI=1S/C15H21N3OS/c1-9(2)8-18-14(19)13(16-15(18)20)7-12-6-10(3)17(5)11(12)4/h6-7,9H,8H2,1-5H3,(H,16,20)/b13-7-. The first-order chi connectivity index (χ1) is 9.31. The molecule has 0 saturated carbocycles. The van der Waals surface area contributed by atoms with Crippen molar-refractivity contribution in [2.24, 2.45) is 13.0 Å². The number of aromatic nitrogens is 1. The SMILES string of the molecule is Cc1cc(/C=C2\NC(=S)N(CC(C)C)C2=O)c(C)n1C. The number of aryl methyl sites for hydroxylation is 1. The van der Waals surface area contributed by atoms with E-state index in [1.165, 1.54) is 5.69 Å². The van der Waals surface area contributed by atoms with Crippen LogP contribution >= 0.6 is 12.2 Å². The van der Waals surface area contributed by atoms with Gasteiger partial charge >= 0.3 is 0 Å². The molecule has 0 radical (unpaired) electrons. The van der Waals surface area contributed by atoms with Gasteiger partial charge in [0.15, 0.2) is 5.11 Å². The molecule has 4 nitrogen and oxygen atoms in total. The van der Waals surface area contributed by atoms with Crippen LogP contribution in [0, 0.1) is 19.8 Å². The Balaban J connectivity index is 2.30. The Morgan fingerprint density at radius 3 is 2.55 bits per heavy atom. The Hall–Kier alpha value is -1.62. The number of hydrogen-bond acceptors (Lipinski definition) is 2. The second-order valence-electron chi connectivity index (χ2n) is 5.68. The average molecular weight is 291 g/mol. The van der Waals surface area contributed by atoms with E-state index in [4.69, 9.17) is 12.2 Å². The number of amides is 1. The number of thiocarbonyl (C=S) groups is 1. The van der Waals surface area contributed by atoms with E-state index in [-0.39, 0.29) is 5.91 Å². The predicted molar refractivity (Wildman–Crippen MR) is 85.1 cm³/mol. The minimum Gasteiger partial charge on any atom is -0.352 e. The lowest BCUT2D eigenvalue weighted by Gasteiger charge is -2.15. The molecule has 1 saturated heterocycles. The highest BCUT2D eigenvalue weighted by Gasteiger charge is 2.31. The van der Waals surface area contributed by atoms with Gasteiger partial charge in [0.05, 0.1) is 0 Å². The van der Waals surface area contributed by atoms with Crippen molar-refractivity contribution >= 4 is 29.3 Å². The third-order valence-corrected chi connectivity index (χ3v) is 3.95. The number of hydrogen-bond donors (Lipinski definition) is 1. The van der Waals surface area contributed by atoms with E-state index in [2.05, 4.69) is 36.7 Å². The molecule has 1 fully saturated rings. The maximum Gasteiger partial charge on any atom is 0.276 e. The van der Waals surface area contributed by atoms with Crippen LogP contribution in [-0.2, 0) is 11.8 Å². The van der Waals surface area contributed by atoms with Crippen molar-refractivity contribution < 1.29 is 4.79 Å². The molecule has 5 heteroatoms. The van der Waals surface area contributed by atoms with Crippen LogP contribution in [-0.4, -0.2) is 27.0 Å². The fourth-order valence-corrected chi connectivity index (χ4v) is 2.56. The van der Waals surface area contributed by atoms with Crippen molar-refractivity contribution in [2.45, 2.75) is 27.7 Å². The average Bonchev–Trinajstić information content (AvgIpc) is 2.75. The van der Waals surface area contributed by atoms with E-state index < -0.39 is 0 Å². The molecule has 1 aromatic rings. The summed E-state index contributed by atoms with van der Waals surface area (Å²) in [7, 11) is 2.02. The van der Waals surface area contributed by atoms with Crippen LogP contribution in [0.2, 0.25) is 0 Å². The summed E-state index contributed by atoms with van der Waals surface area (Å²) in [5.74, 6) is 0.350. The maximum atomic E-state index is 12.4. The van der Waals surface area contributed by atoms with Gasteiger partial charge in [0, 0.05) is 25.0 Å². The lowest BCUT2D eigenvalue weighted by atomic mass is 10.2. The molecule has 0 atom stereocenters. The van der Waals surface area contributed by atoms with E-state index in [0.717, 1.165) is 11.3 Å². The van der Waals surface area contributed by atoms with Gasteiger partial charge in [-0.25, -0.2) is 0 Å². The number of carbonyl (C=O) groups excluding carboxylic acids is 1. The van der Waals surface area contributed by atoms with E-state index >= 15 is 0 Å². The van der Waals surface area contributed by atoms with Crippen molar-refractivity contribution in [1.82, 2.24) is 14.8 Å². The van der Waals surface area contributed by atoms with E-state index in [9.17, 15) is 4.79 Å². The number of carbonyl (C=O) groups is 1. The van der Waals surface area contributed by atoms with Crippen LogP contribution in [0.1, 0.15) is 30.8 Å². The van der Waals surface area contributed by atoms with Crippen molar-refractivity contribution in [1.29, 1.82) is 0 Å². The molecular weight excluding hydrogens is 270 g/mol. The first-order valence-electron chi connectivity index (χ1n) is 6.78. The quantitative estimate of drug-likeness (QED) is 0.686. The van der Waals surface area contributed by atoms with Gasteiger partial charge in [0.25, 0.3) is 5.91 Å². The minimum absolute atomic E-state index is 0.0374. The molecular formula is C15H21N3OS. The molecule has 0 unspecified atom stereocenters. The second-order valence-corrected chi connectivity index (χ2v) is 6.07. The van der Waals surface area contributed by atoms with Gasteiger partial charge in [0.2, 0.25) is 0 Å². The number of nitrogens with zero attached hydrogens (tertiary/aromatic N) is 2. The van der Waals surface area contributed by atoms with Gasteiger partial charge in [-0.15, -0.1) is 0 Å². The fourth-order valence-electron chi connectivity index (χ4n) is 2.29. The van der Waals surface area contributed by atoms with Crippen LogP contribution in [0.5, 0.6) is 0 Å². The van der Waals surface area contributed by atoms with Crippen LogP contribution < -0.4 is 5.32 Å². The summed E-state index contributed by atoms with van der Waals surface area (Å²) in [5, 5.41) is 3.52. The topological polar surface area (TPSA) is 37.3 Å². The summed E-state index contributed by atoms with van der Waals surface area (Å²) in [6, 6.07) is 2.07. The Labute approximate surface area is 125 Å². The van der Waals surface area contributed by atoms with Gasteiger partial charge in [0.1, 0.15) is 5.70 Å². The van der Waals surface area contributed by atoms with E-state index in [0.29, 0.717) is 23.3 Å². The maximum absolute atomic E-state index is 12.4. The van der Waals surface area contributed by atoms with Crippen molar-refractivity contribution in [3.63, 3.8) is 0 Å². The second kappa shape index (κ2) is 5.40. The smallest absolute Gasteiger partial charge is 0.276 e. The zero-order chi connectivity index (χ0) is 15.0. The lowest BCUT2D eigenvalue weighted by Crippen LogP contribution is -2.33. The highest BCUT2D eigenvalue weighted by atomic mass is 32.1. The molecule has 0 bridgehead atoms. The van der Waals surface area contributed by atoms with E-state index in [1.54, 1.807) is 4.90 Å². The largest absolute Gasteiger partial charge is 0.352 e. The van der Waals surface area contributed by atoms with Crippen molar-refractivity contribution in [3.8, 4) is 0 Å². The van der Waals surface area contributed by atoms with Gasteiger partial charge < -0.3 is 9.88 Å². The Morgan fingerprint density at radius 2 is 2.05 bits per heavy atom. The molecule has 1 aliphatic rings. The van der Waals surface area contributed by atoms with Gasteiger partial charge in [-0.2, -0.15) is 0 Å². The third-order valence-electron chi connectivity index (χ3n) is 3.62. The number of nitrogens with one attached hydrogen (secondary N) is 1. The minimum atomic E-state index is -0.0374. The lowest BCUT2D eigenvalue weighted by molar-refractivity contribution is -0.122. The first-order valence-corrected chi connectivity index (χ1v) is 7.19. The molecule has 1 amide bonds. The van der Waals surface area contributed by atoms with Crippen LogP contribution in [0.3, 0.4) is 0 Å². The molecule has 0 aromatic carbocycles. The normalized spacial score (nSPS) is 17.5. The zero-order valence-electron chi connectivity index (χ0n) is 12.7. The van der Waals surface area contributed by atoms with Gasteiger partial charge in [-0.1, -0.05) is 13.8 Å². The monoisotopic (exact) mass is 291 g/mol. The predicted octanol–water partition coefficient (Wildman–Crippen LogP) is 2.36. The van der Waals surface area contributed by atoms with Crippen LogP contribution in [0.15, 0.2) is 11.8 Å². The van der Waals surface area contributed by atoms with Gasteiger partial charge in [-0.3, -0.25) is 9.69 Å². The zero-order valence-corrected chi connectivity index (χ0v) is 13.5. The van der Waals surface area contributed by atoms with Gasteiger partial charge in [-0.05, 0) is 49.7 Å². The highest BCUT2D eigenvalue weighted by Crippen LogP contribution is 2.20. The molecule has 0 spiro atoms. The highest BCUT2D eigenvalue weighted by molar-refractivity contribution is 7.80. The number of rotatable bonds is 3. The summed E-state index contributed by atoms with van der Waals surface area (Å²) in [5.41, 5.74) is 3.92. The van der Waals surface area contributed by atoms with Crippen LogP contribution in [0.25, 0.3) is 6.08 Å². The summed E-state index contributed by atoms with van der Waals surface area (Å²) in [6.45, 7) is 8.89. The Morgan fingerprint density at radius 1 is 1.40 bits per heavy atom.